The van der Waals surface area contributed by atoms with Gasteiger partial charge in [-0.15, -0.1) is 0 Å². The number of phenols is 5. The molecule has 0 aromatic heterocycles. The normalized spacial score (nSPS) is 32.7. The highest BCUT2D eigenvalue weighted by atomic mass is 16.7. The number of phenolic OH excluding ortho intramolecular Hbond substituents is 5. The van der Waals surface area contributed by atoms with Crippen molar-refractivity contribution in [2.45, 2.75) is 74.4 Å². The maximum absolute atomic E-state index is 11.1. The number of rotatable bonds is 7. The van der Waals surface area contributed by atoms with Gasteiger partial charge in [0, 0.05) is 17.7 Å². The first-order chi connectivity index (χ1) is 24.7. The van der Waals surface area contributed by atoms with E-state index in [0.29, 0.717) is 11.1 Å². The molecule has 3 aromatic carbocycles. The van der Waals surface area contributed by atoms with E-state index in [-0.39, 0.29) is 45.7 Å². The van der Waals surface area contributed by atoms with Crippen LogP contribution in [0.25, 0.3) is 11.3 Å². The highest BCUT2D eigenvalue weighted by Crippen LogP contribution is 2.53. The fourth-order valence-corrected chi connectivity index (χ4v) is 6.43. The number of hydrogen-bond acceptors (Lipinski definition) is 16. The van der Waals surface area contributed by atoms with Crippen molar-refractivity contribution in [3.63, 3.8) is 0 Å². The molecule has 4 aliphatic rings. The summed E-state index contributed by atoms with van der Waals surface area (Å²) in [5.41, 5.74) is 1.12. The van der Waals surface area contributed by atoms with Crippen LogP contribution in [-0.4, -0.2) is 129 Å². The van der Waals surface area contributed by atoms with Crippen molar-refractivity contribution in [3.8, 4) is 40.2 Å². The molecule has 52 heavy (non-hydrogen) atoms. The first-order valence-electron chi connectivity index (χ1n) is 16.2. The zero-order valence-corrected chi connectivity index (χ0v) is 27.2. The molecule has 278 valence electrons. The predicted octanol–water partition coefficient (Wildman–Crippen LogP) is -0.327. The van der Waals surface area contributed by atoms with Gasteiger partial charge in [-0.2, -0.15) is 0 Å². The van der Waals surface area contributed by atoms with Crippen LogP contribution in [0, 0.1) is 0 Å². The minimum Gasteiger partial charge on any atom is -0.555 e. The van der Waals surface area contributed by atoms with E-state index in [9.17, 15) is 56.2 Å². The number of hydrogen-bond donors (Lipinski definition) is 11. The summed E-state index contributed by atoms with van der Waals surface area (Å²) in [4.78, 5) is 0. The summed E-state index contributed by atoms with van der Waals surface area (Å²) in [5.74, 6) is -2.55. The average molecular weight is 730 g/mol. The zero-order valence-electron chi connectivity index (χ0n) is 27.2. The molecular weight excluding hydrogens is 692 g/mol. The van der Waals surface area contributed by atoms with Crippen molar-refractivity contribution in [1.29, 1.82) is 0 Å². The lowest BCUT2D eigenvalue weighted by atomic mass is 9.91. The summed E-state index contributed by atoms with van der Waals surface area (Å²) in [6.45, 7) is 0.895. The van der Waals surface area contributed by atoms with Gasteiger partial charge in [0.2, 0.25) is 5.76 Å². The fourth-order valence-electron chi connectivity index (χ4n) is 6.43. The molecule has 4 heterocycles. The molecule has 3 aromatic rings. The van der Waals surface area contributed by atoms with E-state index >= 15 is 0 Å². The Balaban J connectivity index is 1.28. The Morgan fingerprint density at radius 3 is 2.06 bits per heavy atom. The second-order valence-corrected chi connectivity index (χ2v) is 12.9. The van der Waals surface area contributed by atoms with Crippen molar-refractivity contribution in [1.82, 2.24) is 0 Å². The molecule has 0 aliphatic carbocycles. The van der Waals surface area contributed by atoms with Gasteiger partial charge in [0.25, 0.3) is 0 Å². The molecule has 0 saturated carbocycles. The van der Waals surface area contributed by atoms with Crippen molar-refractivity contribution < 1.29 is 84.6 Å². The van der Waals surface area contributed by atoms with Crippen LogP contribution in [0.1, 0.15) is 29.7 Å². The Hall–Kier alpha value is -4.82. The third-order valence-corrected chi connectivity index (χ3v) is 9.30. The molecule has 11 atom stereocenters. The number of aliphatic hydroxyl groups excluding tert-OH is 6. The second-order valence-electron chi connectivity index (χ2n) is 12.9. The van der Waals surface area contributed by atoms with Crippen LogP contribution in [-0.2, 0) is 14.2 Å². The van der Waals surface area contributed by atoms with Crippen LogP contribution < -0.4 is 9.47 Å². The van der Waals surface area contributed by atoms with E-state index in [1.54, 1.807) is 18.2 Å². The van der Waals surface area contributed by atoms with E-state index in [2.05, 4.69) is 4.74 Å². The Morgan fingerprint density at radius 2 is 1.37 bits per heavy atom. The Morgan fingerprint density at radius 1 is 0.712 bits per heavy atom. The second kappa shape index (κ2) is 13.6. The van der Waals surface area contributed by atoms with E-state index in [1.165, 1.54) is 31.2 Å². The lowest BCUT2D eigenvalue weighted by Crippen LogP contribution is -2.61. The van der Waals surface area contributed by atoms with Gasteiger partial charge in [-0.3, -0.25) is 4.74 Å². The van der Waals surface area contributed by atoms with E-state index in [4.69, 9.17) is 23.7 Å². The molecular formula is C35H37O17+. The van der Waals surface area contributed by atoms with Gasteiger partial charge < -0.3 is 79.9 Å². The summed E-state index contributed by atoms with van der Waals surface area (Å²) < 4.78 is 34.0. The van der Waals surface area contributed by atoms with Gasteiger partial charge >= 0.3 is 12.0 Å². The molecule has 0 radical (unpaired) electrons. The average Bonchev–Trinajstić information content (AvgIpc) is 3.11. The van der Waals surface area contributed by atoms with Gasteiger partial charge in [0.05, 0.1) is 23.8 Å². The predicted molar refractivity (Wildman–Crippen MR) is 174 cm³/mol. The number of allylic oxidation sites excluding steroid dienone is 1. The molecule has 4 aliphatic heterocycles. The maximum atomic E-state index is 11.1. The van der Waals surface area contributed by atoms with E-state index < -0.39 is 91.4 Å². The molecule has 0 spiro atoms. The molecule has 0 amide bonds. The number of aromatic hydroxyl groups is 5. The topological polar surface area (TPSA) is 281 Å². The zero-order chi connectivity index (χ0) is 37.2. The molecule has 17 heteroatoms. The smallest absolute Gasteiger partial charge is 0.326 e. The van der Waals surface area contributed by atoms with Gasteiger partial charge in [0.1, 0.15) is 65.7 Å². The third kappa shape index (κ3) is 6.31. The first kappa shape index (κ1) is 35.6. The molecule has 7 rings (SSSR count). The molecule has 12 N–H and O–H groups in total. The van der Waals surface area contributed by atoms with Crippen LogP contribution in [0.15, 0.2) is 60.4 Å². The van der Waals surface area contributed by atoms with Crippen molar-refractivity contribution in [2.75, 3.05) is 6.61 Å². The summed E-state index contributed by atoms with van der Waals surface area (Å²) in [6.07, 6.45) is -14.8. The molecule has 0 bridgehead atoms. The summed E-state index contributed by atoms with van der Waals surface area (Å²) in [7, 11) is 0. The van der Waals surface area contributed by atoms with Crippen LogP contribution in [0.3, 0.4) is 0 Å². The van der Waals surface area contributed by atoms with Crippen LogP contribution in [0.5, 0.6) is 40.2 Å². The summed E-state index contributed by atoms with van der Waals surface area (Å²) in [5, 5.41) is 115. The Kier molecular flexibility index (Phi) is 9.32. The number of benzene rings is 3. The molecule has 2 fully saturated rings. The highest BCUT2D eigenvalue weighted by molar-refractivity contribution is 5.95. The van der Waals surface area contributed by atoms with Gasteiger partial charge in [-0.05, 0) is 42.8 Å². The third-order valence-electron chi connectivity index (χ3n) is 9.30. The monoisotopic (exact) mass is 729 g/mol. The fraction of sp³-hybridized carbons (Fsp3) is 0.371. The minimum atomic E-state index is -1.86. The SMILES string of the molecule is C[C@H]1O[C@H](OC[C@H]2O[C@@H]([OH+]C3=C(c4cc(O)c(O)c(O)c4)Oc4cc(O)cc5c4C3=CC(c3ccc(O)cc3)O5)[C@H](O)[C@@H](O)[C@@H]2O)[C@@H](O)[C@@H](O)[C@@H]1O. The molecule has 17 nitrogen and oxygen atoms in total. The van der Waals surface area contributed by atoms with E-state index in [1.807, 2.05) is 0 Å². The first-order valence-corrected chi connectivity index (χ1v) is 16.2. The van der Waals surface area contributed by atoms with Crippen molar-refractivity contribution >= 4 is 11.3 Å². The minimum absolute atomic E-state index is 0.000944. The number of ether oxygens (including phenoxy) is 6. The quantitative estimate of drug-likeness (QED) is 0.110. The summed E-state index contributed by atoms with van der Waals surface area (Å²) >= 11 is 0. The molecule has 2 saturated heterocycles. The van der Waals surface area contributed by atoms with Crippen molar-refractivity contribution in [3.05, 3.63) is 77.1 Å². The standard InChI is InChI=1S/C35H36O17/c1-12-25(40)28(43)30(45)34(48-12)47-11-23-27(42)29(44)31(46)35(51-23)52-33-17-10-20(13-2-4-15(36)5-3-13)49-21-8-16(37)9-22(24(17)21)50-32(33)14-6-18(38)26(41)19(39)7-14/h2-10,12,20,23,25,27-31,34-46H,11H2,1H3/p+1/t12-,20?,23-,25-,27-,28+,29+,30+,31-,34+,35+/m1/s1. The number of aliphatic hydroxyl groups is 8. The lowest BCUT2D eigenvalue weighted by Gasteiger charge is -2.41. The maximum Gasteiger partial charge on any atom is 0.326 e. The van der Waals surface area contributed by atoms with Gasteiger partial charge in [-0.1, -0.05) is 12.1 Å². The van der Waals surface area contributed by atoms with Gasteiger partial charge in [0.15, 0.2) is 29.6 Å². The summed E-state index contributed by atoms with van der Waals surface area (Å²) in [6, 6.07) is 10.9. The highest BCUT2D eigenvalue weighted by Gasteiger charge is 2.51. The Labute approximate surface area is 294 Å². The largest absolute Gasteiger partial charge is 0.555 e. The van der Waals surface area contributed by atoms with Gasteiger partial charge in [-0.25, -0.2) is 0 Å². The molecule has 1 unspecified atom stereocenters. The lowest BCUT2D eigenvalue weighted by molar-refractivity contribution is -0.345. The Bertz CT molecular complexity index is 1870. The van der Waals surface area contributed by atoms with Crippen molar-refractivity contribution in [2.24, 2.45) is 0 Å². The van der Waals surface area contributed by atoms with Crippen LogP contribution in [0.2, 0.25) is 0 Å². The van der Waals surface area contributed by atoms with Crippen LogP contribution in [0.4, 0.5) is 0 Å². The van der Waals surface area contributed by atoms with Crippen LogP contribution >= 0.6 is 0 Å². The van der Waals surface area contributed by atoms with E-state index in [0.717, 1.165) is 12.1 Å².